The summed E-state index contributed by atoms with van der Waals surface area (Å²) in [7, 11) is 0. The number of Topliss-reactive ketones (excluding diaryl/α,β-unsaturated/α-hetero) is 1. The molecule has 0 saturated carbocycles. The van der Waals surface area contributed by atoms with Gasteiger partial charge in [-0.15, -0.1) is 0 Å². The highest BCUT2D eigenvalue weighted by molar-refractivity contribution is 6.29. The maximum Gasteiger partial charge on any atom is 0.159 e. The number of nitrogens with zero attached hydrogens (tertiary/aromatic N) is 1. The third-order valence-corrected chi connectivity index (χ3v) is 2.53. The maximum atomic E-state index is 12.8. The summed E-state index contributed by atoms with van der Waals surface area (Å²) in [6.45, 7) is 5.46. The van der Waals surface area contributed by atoms with Crippen LogP contribution in [0.4, 0.5) is 4.39 Å². The Hall–Kier alpha value is -1.74. The van der Waals surface area contributed by atoms with Gasteiger partial charge in [-0.25, -0.2) is 9.37 Å². The van der Waals surface area contributed by atoms with Crippen LogP contribution in [0.5, 0.6) is 0 Å². The molecule has 19 heavy (non-hydrogen) atoms. The van der Waals surface area contributed by atoms with E-state index in [2.05, 4.69) is 4.98 Å². The van der Waals surface area contributed by atoms with Crippen LogP contribution in [-0.4, -0.2) is 10.8 Å². The molecular formula is C15H15ClFNO. The van der Waals surface area contributed by atoms with Gasteiger partial charge in [-0.3, -0.25) is 4.79 Å². The summed E-state index contributed by atoms with van der Waals surface area (Å²) in [4.78, 5) is 15.4. The van der Waals surface area contributed by atoms with Crippen molar-refractivity contribution >= 4 is 17.4 Å². The highest BCUT2D eigenvalue weighted by atomic mass is 35.5. The number of pyridine rings is 1. The first-order chi connectivity index (χ1) is 9.06. The molecule has 1 aromatic heterocycles. The number of carbonyl (C=O) groups excluding carboxylic acids is 1. The molecule has 0 aliphatic carbocycles. The van der Waals surface area contributed by atoms with Crippen molar-refractivity contribution in [3.8, 4) is 11.3 Å². The Morgan fingerprint density at radius 2 is 1.74 bits per heavy atom. The lowest BCUT2D eigenvalue weighted by Crippen LogP contribution is -1.95. The van der Waals surface area contributed by atoms with Crippen molar-refractivity contribution in [2.24, 2.45) is 0 Å². The van der Waals surface area contributed by atoms with E-state index in [4.69, 9.17) is 11.6 Å². The molecule has 100 valence electrons. The molecule has 1 aromatic carbocycles. The number of hydrogen-bond acceptors (Lipinski definition) is 2. The zero-order chi connectivity index (χ0) is 14.4. The Morgan fingerprint density at radius 3 is 2.26 bits per heavy atom. The van der Waals surface area contributed by atoms with E-state index in [-0.39, 0.29) is 16.8 Å². The Balaban J connectivity index is 0.000000861. The summed E-state index contributed by atoms with van der Waals surface area (Å²) in [6.07, 6.45) is 0. The van der Waals surface area contributed by atoms with Gasteiger partial charge in [0, 0.05) is 11.1 Å². The smallest absolute Gasteiger partial charge is 0.159 e. The molecule has 0 N–H and O–H groups in total. The molecule has 2 aromatic rings. The van der Waals surface area contributed by atoms with Crippen LogP contribution in [0.25, 0.3) is 11.3 Å². The second-order valence-corrected chi connectivity index (χ2v) is 4.01. The van der Waals surface area contributed by atoms with Gasteiger partial charge in [-0.05, 0) is 43.3 Å². The van der Waals surface area contributed by atoms with E-state index in [1.54, 1.807) is 18.2 Å². The van der Waals surface area contributed by atoms with Crippen LogP contribution in [0.3, 0.4) is 0 Å². The normalized spacial score (nSPS) is 9.53. The third kappa shape index (κ3) is 4.14. The first kappa shape index (κ1) is 15.3. The van der Waals surface area contributed by atoms with E-state index in [1.165, 1.54) is 25.1 Å². The van der Waals surface area contributed by atoms with Gasteiger partial charge in [0.1, 0.15) is 11.0 Å². The predicted molar refractivity (Wildman–Crippen MR) is 76.0 cm³/mol. The first-order valence-electron chi connectivity index (χ1n) is 6.01. The summed E-state index contributed by atoms with van der Waals surface area (Å²) in [5.41, 5.74) is 1.77. The zero-order valence-electron chi connectivity index (χ0n) is 11.1. The summed E-state index contributed by atoms with van der Waals surface area (Å²) in [5, 5.41) is 0.247. The number of ketones is 1. The second kappa shape index (κ2) is 7.00. The summed E-state index contributed by atoms with van der Waals surface area (Å²) in [5.74, 6) is -0.403. The molecular weight excluding hydrogens is 265 g/mol. The average Bonchev–Trinajstić information content (AvgIpc) is 2.41. The van der Waals surface area contributed by atoms with Crippen LogP contribution in [-0.2, 0) is 0 Å². The molecule has 0 radical (unpaired) electrons. The number of aromatic nitrogens is 1. The van der Waals surface area contributed by atoms with Crippen LogP contribution in [0.2, 0.25) is 5.15 Å². The fraction of sp³-hybridized carbons (Fsp3) is 0.200. The first-order valence-corrected chi connectivity index (χ1v) is 6.38. The van der Waals surface area contributed by atoms with Crippen LogP contribution in [0.15, 0.2) is 36.4 Å². The molecule has 0 unspecified atom stereocenters. The quantitative estimate of drug-likeness (QED) is 0.585. The van der Waals surface area contributed by atoms with Crippen molar-refractivity contribution < 1.29 is 9.18 Å². The highest BCUT2D eigenvalue weighted by Gasteiger charge is 2.07. The fourth-order valence-corrected chi connectivity index (χ4v) is 1.68. The SMILES string of the molecule is CC.CC(=O)c1cc(Cl)nc(-c2ccc(F)cc2)c1. The van der Waals surface area contributed by atoms with E-state index in [0.717, 1.165) is 5.56 Å². The Morgan fingerprint density at radius 1 is 1.16 bits per heavy atom. The average molecular weight is 280 g/mol. The molecule has 0 amide bonds. The molecule has 2 nitrogen and oxygen atoms in total. The number of carbonyl (C=O) groups is 1. The van der Waals surface area contributed by atoms with Crippen molar-refractivity contribution in [1.29, 1.82) is 0 Å². The zero-order valence-corrected chi connectivity index (χ0v) is 11.8. The number of hydrogen-bond donors (Lipinski definition) is 0. The summed E-state index contributed by atoms with van der Waals surface area (Å²) < 4.78 is 12.8. The lowest BCUT2D eigenvalue weighted by molar-refractivity contribution is 0.101. The van der Waals surface area contributed by atoms with Crippen molar-refractivity contribution in [3.05, 3.63) is 52.9 Å². The van der Waals surface area contributed by atoms with Gasteiger partial charge < -0.3 is 0 Å². The lowest BCUT2D eigenvalue weighted by Gasteiger charge is -2.04. The lowest BCUT2D eigenvalue weighted by atomic mass is 10.1. The van der Waals surface area contributed by atoms with Crippen molar-refractivity contribution in [2.45, 2.75) is 20.8 Å². The Bertz CT molecular complexity index is 567. The number of halogens is 2. The molecule has 0 atom stereocenters. The van der Waals surface area contributed by atoms with Crippen LogP contribution < -0.4 is 0 Å². The summed E-state index contributed by atoms with van der Waals surface area (Å²) >= 11 is 5.84. The van der Waals surface area contributed by atoms with E-state index >= 15 is 0 Å². The minimum absolute atomic E-state index is 0.0855. The van der Waals surface area contributed by atoms with Crippen molar-refractivity contribution in [3.63, 3.8) is 0 Å². The molecule has 4 heteroatoms. The van der Waals surface area contributed by atoms with Gasteiger partial charge in [0.05, 0.1) is 5.69 Å². The molecule has 0 aliphatic heterocycles. The third-order valence-electron chi connectivity index (χ3n) is 2.34. The number of rotatable bonds is 2. The largest absolute Gasteiger partial charge is 0.295 e. The minimum Gasteiger partial charge on any atom is -0.295 e. The van der Waals surface area contributed by atoms with Gasteiger partial charge in [0.15, 0.2) is 5.78 Å². The Kier molecular flexibility index (Phi) is 5.64. The highest BCUT2D eigenvalue weighted by Crippen LogP contribution is 2.21. The van der Waals surface area contributed by atoms with E-state index in [1.807, 2.05) is 13.8 Å². The standard InChI is InChI=1S/C13H9ClFNO.C2H6/c1-8(17)10-6-12(16-13(14)7-10)9-2-4-11(15)5-3-9;1-2/h2-7H,1H3;1-2H3. The van der Waals surface area contributed by atoms with Gasteiger partial charge in [0.2, 0.25) is 0 Å². The van der Waals surface area contributed by atoms with E-state index in [0.29, 0.717) is 11.3 Å². The fourth-order valence-electron chi connectivity index (χ4n) is 1.47. The van der Waals surface area contributed by atoms with Gasteiger partial charge in [-0.1, -0.05) is 25.4 Å². The molecule has 0 aliphatic rings. The number of benzene rings is 1. The van der Waals surface area contributed by atoms with Gasteiger partial charge in [0.25, 0.3) is 0 Å². The van der Waals surface area contributed by atoms with Crippen molar-refractivity contribution in [2.75, 3.05) is 0 Å². The monoisotopic (exact) mass is 279 g/mol. The topological polar surface area (TPSA) is 30.0 Å². The Labute approximate surface area is 117 Å². The van der Waals surface area contributed by atoms with Gasteiger partial charge in [-0.2, -0.15) is 0 Å². The molecule has 0 spiro atoms. The van der Waals surface area contributed by atoms with Crippen LogP contribution >= 0.6 is 11.6 Å². The predicted octanol–water partition coefficient (Wildman–Crippen LogP) is 4.77. The van der Waals surface area contributed by atoms with Crippen molar-refractivity contribution in [1.82, 2.24) is 4.98 Å². The summed E-state index contributed by atoms with van der Waals surface area (Å²) in [6, 6.07) is 9.02. The van der Waals surface area contributed by atoms with Gasteiger partial charge >= 0.3 is 0 Å². The molecule has 0 bridgehead atoms. The molecule has 0 fully saturated rings. The molecule has 1 heterocycles. The second-order valence-electron chi connectivity index (χ2n) is 3.63. The van der Waals surface area contributed by atoms with Crippen LogP contribution in [0, 0.1) is 5.82 Å². The molecule has 2 rings (SSSR count). The van der Waals surface area contributed by atoms with E-state index < -0.39 is 0 Å². The van der Waals surface area contributed by atoms with Crippen LogP contribution in [0.1, 0.15) is 31.1 Å². The maximum absolute atomic E-state index is 12.8. The molecule has 0 saturated heterocycles. The minimum atomic E-state index is -0.317. The van der Waals surface area contributed by atoms with E-state index in [9.17, 15) is 9.18 Å².